The van der Waals surface area contributed by atoms with E-state index in [0.29, 0.717) is 25.3 Å². The normalized spacial score (nSPS) is 19.5. The lowest BCUT2D eigenvalue weighted by molar-refractivity contribution is -0.148. The van der Waals surface area contributed by atoms with Crippen LogP contribution in [0.5, 0.6) is 5.75 Å². The van der Waals surface area contributed by atoms with Gasteiger partial charge in [-0.15, -0.1) is 0 Å². The molecule has 1 amide bonds. The first-order valence-corrected chi connectivity index (χ1v) is 9.17. The van der Waals surface area contributed by atoms with Gasteiger partial charge in [-0.25, -0.2) is 0 Å². The minimum atomic E-state index is -0.828. The second-order valence-corrected chi connectivity index (χ2v) is 6.89. The average Bonchev–Trinajstić information content (AvgIpc) is 2.67. The van der Waals surface area contributed by atoms with Gasteiger partial charge in [-0.1, -0.05) is 18.2 Å². The fourth-order valence-electron chi connectivity index (χ4n) is 3.50. The molecule has 0 saturated carbocycles. The molecule has 6 heteroatoms. The average molecular weight is 368 g/mol. The lowest BCUT2D eigenvalue weighted by Gasteiger charge is -2.37. The molecule has 1 saturated heterocycles. The van der Waals surface area contributed by atoms with Crippen molar-refractivity contribution in [1.29, 1.82) is 0 Å². The van der Waals surface area contributed by atoms with E-state index in [1.165, 1.54) is 0 Å². The summed E-state index contributed by atoms with van der Waals surface area (Å²) in [6.45, 7) is 2.85. The highest BCUT2D eigenvalue weighted by atomic mass is 16.5. The van der Waals surface area contributed by atoms with Crippen LogP contribution in [0.15, 0.2) is 48.8 Å². The number of amides is 1. The maximum atomic E-state index is 12.7. The molecule has 1 aromatic heterocycles. The van der Waals surface area contributed by atoms with E-state index >= 15 is 0 Å². The Balaban J connectivity index is 1.61. The van der Waals surface area contributed by atoms with Crippen LogP contribution in [0.25, 0.3) is 0 Å². The number of ether oxygens (including phenoxy) is 1. The van der Waals surface area contributed by atoms with E-state index in [-0.39, 0.29) is 18.4 Å². The summed E-state index contributed by atoms with van der Waals surface area (Å²) in [5.41, 5.74) is 1.83. The summed E-state index contributed by atoms with van der Waals surface area (Å²) in [5.74, 6) is -0.667. The summed E-state index contributed by atoms with van der Waals surface area (Å²) in [4.78, 5) is 29.8. The third-order valence-electron chi connectivity index (χ3n) is 5.01. The number of likely N-dealkylation sites (tertiary alicyclic amines) is 1. The Morgan fingerprint density at radius 3 is 2.81 bits per heavy atom. The predicted molar refractivity (Wildman–Crippen MR) is 100 cm³/mol. The smallest absolute Gasteiger partial charge is 0.308 e. The minimum Gasteiger partial charge on any atom is -0.489 e. The number of aliphatic carboxylic acids is 1. The third kappa shape index (κ3) is 4.84. The van der Waals surface area contributed by atoms with Crippen LogP contribution in [-0.2, 0) is 22.6 Å². The fourth-order valence-corrected chi connectivity index (χ4v) is 3.50. The lowest BCUT2D eigenvalue weighted by atomic mass is 9.90. The highest BCUT2D eigenvalue weighted by molar-refractivity contribution is 5.80. The van der Waals surface area contributed by atoms with Gasteiger partial charge < -0.3 is 14.7 Å². The standard InChI is InChI=1S/C21H24N2O4/c1-15-19(21(25)26)8-4-10-23(15)20(24)12-16-5-2-7-18(11-16)27-14-17-6-3-9-22-13-17/h2-3,5-7,9,11,13,15,19H,4,8,10,12,14H2,1H3,(H,25,26)/t15-,19-/m1/s1. The van der Waals surface area contributed by atoms with E-state index in [0.717, 1.165) is 17.5 Å². The van der Waals surface area contributed by atoms with Crippen molar-refractivity contribution in [1.82, 2.24) is 9.88 Å². The van der Waals surface area contributed by atoms with Crippen LogP contribution in [0.4, 0.5) is 0 Å². The van der Waals surface area contributed by atoms with Gasteiger partial charge in [0.05, 0.1) is 12.3 Å². The van der Waals surface area contributed by atoms with Crippen LogP contribution in [0, 0.1) is 5.92 Å². The van der Waals surface area contributed by atoms with Crippen LogP contribution in [0.2, 0.25) is 0 Å². The van der Waals surface area contributed by atoms with E-state index in [4.69, 9.17) is 4.74 Å². The highest BCUT2D eigenvalue weighted by Crippen LogP contribution is 2.25. The number of carbonyl (C=O) groups is 2. The molecule has 0 radical (unpaired) electrons. The molecule has 1 fully saturated rings. The van der Waals surface area contributed by atoms with Gasteiger partial charge in [0.25, 0.3) is 0 Å². The van der Waals surface area contributed by atoms with Crippen molar-refractivity contribution in [2.45, 2.75) is 38.8 Å². The Kier molecular flexibility index (Phi) is 6.06. The zero-order valence-corrected chi connectivity index (χ0v) is 15.4. The first-order valence-electron chi connectivity index (χ1n) is 9.17. The maximum Gasteiger partial charge on any atom is 0.308 e. The summed E-state index contributed by atoms with van der Waals surface area (Å²) < 4.78 is 5.79. The van der Waals surface area contributed by atoms with Crippen molar-refractivity contribution < 1.29 is 19.4 Å². The zero-order chi connectivity index (χ0) is 19.2. The number of pyridine rings is 1. The molecule has 3 rings (SSSR count). The largest absolute Gasteiger partial charge is 0.489 e. The van der Waals surface area contributed by atoms with E-state index in [1.807, 2.05) is 43.3 Å². The molecule has 142 valence electrons. The van der Waals surface area contributed by atoms with Crippen molar-refractivity contribution in [3.63, 3.8) is 0 Å². The van der Waals surface area contributed by atoms with Crippen molar-refractivity contribution >= 4 is 11.9 Å². The molecule has 2 atom stereocenters. The van der Waals surface area contributed by atoms with Crippen LogP contribution in [0.3, 0.4) is 0 Å². The molecule has 1 aliphatic rings. The molecule has 0 unspecified atom stereocenters. The molecule has 27 heavy (non-hydrogen) atoms. The van der Waals surface area contributed by atoms with E-state index in [2.05, 4.69) is 4.98 Å². The number of hydrogen-bond acceptors (Lipinski definition) is 4. The van der Waals surface area contributed by atoms with Crippen LogP contribution >= 0.6 is 0 Å². The molecule has 0 aliphatic carbocycles. The molecule has 2 aromatic rings. The van der Waals surface area contributed by atoms with Crippen molar-refractivity contribution in [3.8, 4) is 5.75 Å². The summed E-state index contributed by atoms with van der Waals surface area (Å²) in [6.07, 6.45) is 5.05. The molecule has 1 N–H and O–H groups in total. The van der Waals surface area contributed by atoms with E-state index in [9.17, 15) is 14.7 Å². The Morgan fingerprint density at radius 1 is 1.26 bits per heavy atom. The summed E-state index contributed by atoms with van der Waals surface area (Å²) in [7, 11) is 0. The number of piperidine rings is 1. The predicted octanol–water partition coefficient (Wildman–Crippen LogP) is 2.91. The van der Waals surface area contributed by atoms with Crippen LogP contribution < -0.4 is 4.74 Å². The maximum absolute atomic E-state index is 12.7. The molecule has 2 heterocycles. The van der Waals surface area contributed by atoms with E-state index < -0.39 is 11.9 Å². The molecule has 1 aliphatic heterocycles. The first kappa shape index (κ1) is 18.9. The summed E-state index contributed by atoms with van der Waals surface area (Å²) in [5, 5.41) is 9.33. The number of carboxylic acid groups (broad SMARTS) is 1. The van der Waals surface area contributed by atoms with Gasteiger partial charge in [0.2, 0.25) is 5.91 Å². The Bertz CT molecular complexity index is 794. The third-order valence-corrected chi connectivity index (χ3v) is 5.01. The lowest BCUT2D eigenvalue weighted by Crippen LogP contribution is -2.49. The van der Waals surface area contributed by atoms with Gasteiger partial charge in [-0.3, -0.25) is 14.6 Å². The zero-order valence-electron chi connectivity index (χ0n) is 15.4. The van der Waals surface area contributed by atoms with Crippen molar-refractivity contribution in [2.24, 2.45) is 5.92 Å². The van der Waals surface area contributed by atoms with Crippen LogP contribution in [0.1, 0.15) is 30.9 Å². The minimum absolute atomic E-state index is 0.0436. The molecular weight excluding hydrogens is 344 g/mol. The second-order valence-electron chi connectivity index (χ2n) is 6.89. The highest BCUT2D eigenvalue weighted by Gasteiger charge is 2.35. The fraction of sp³-hybridized carbons (Fsp3) is 0.381. The number of nitrogens with zero attached hydrogens (tertiary/aromatic N) is 2. The number of hydrogen-bond donors (Lipinski definition) is 1. The Morgan fingerprint density at radius 2 is 2.07 bits per heavy atom. The van der Waals surface area contributed by atoms with Crippen molar-refractivity contribution in [3.05, 3.63) is 59.9 Å². The van der Waals surface area contributed by atoms with Gasteiger partial charge >= 0.3 is 5.97 Å². The molecular formula is C21H24N2O4. The van der Waals surface area contributed by atoms with Gasteiger partial charge in [0.1, 0.15) is 12.4 Å². The number of carboxylic acids is 1. The van der Waals surface area contributed by atoms with Gasteiger partial charge in [-0.2, -0.15) is 0 Å². The molecule has 0 bridgehead atoms. The number of rotatable bonds is 6. The number of carbonyl (C=O) groups excluding carboxylic acids is 1. The Hall–Kier alpha value is -2.89. The van der Waals surface area contributed by atoms with Crippen LogP contribution in [-0.4, -0.2) is 39.5 Å². The quantitative estimate of drug-likeness (QED) is 0.848. The molecule has 0 spiro atoms. The second kappa shape index (κ2) is 8.66. The topological polar surface area (TPSA) is 79.7 Å². The van der Waals surface area contributed by atoms with Crippen molar-refractivity contribution in [2.75, 3.05) is 6.54 Å². The summed E-state index contributed by atoms with van der Waals surface area (Å²) in [6, 6.07) is 11.0. The first-order chi connectivity index (χ1) is 13.0. The van der Waals surface area contributed by atoms with Gasteiger partial charge in [0, 0.05) is 30.5 Å². The molecule has 6 nitrogen and oxygen atoms in total. The number of aromatic nitrogens is 1. The molecule has 1 aromatic carbocycles. The number of benzene rings is 1. The van der Waals surface area contributed by atoms with Gasteiger partial charge in [0.15, 0.2) is 0 Å². The SMILES string of the molecule is C[C@@H]1[C@H](C(=O)O)CCCN1C(=O)Cc1cccc(OCc2cccnc2)c1. The Labute approximate surface area is 158 Å². The van der Waals surface area contributed by atoms with Gasteiger partial charge in [-0.05, 0) is 43.5 Å². The monoisotopic (exact) mass is 368 g/mol. The summed E-state index contributed by atoms with van der Waals surface area (Å²) >= 11 is 0. The van der Waals surface area contributed by atoms with E-state index in [1.54, 1.807) is 17.3 Å².